The van der Waals surface area contributed by atoms with E-state index >= 15 is 0 Å². The molecule has 1 fully saturated rings. The third-order valence-corrected chi connectivity index (χ3v) is 3.72. The second-order valence-electron chi connectivity index (χ2n) is 3.86. The van der Waals surface area contributed by atoms with Gasteiger partial charge in [0.2, 0.25) is 0 Å². The highest BCUT2D eigenvalue weighted by Gasteiger charge is 2.19. The summed E-state index contributed by atoms with van der Waals surface area (Å²) in [5.41, 5.74) is 5.86. The van der Waals surface area contributed by atoms with Crippen molar-refractivity contribution in [3.63, 3.8) is 0 Å². The molecule has 0 unspecified atom stereocenters. The maximum absolute atomic E-state index is 5.86. The maximum atomic E-state index is 5.86. The van der Waals surface area contributed by atoms with E-state index in [-0.39, 0.29) is 12.4 Å². The van der Waals surface area contributed by atoms with Crippen LogP contribution in [0.3, 0.4) is 0 Å². The average molecular weight is 248 g/mol. The minimum Gasteiger partial charge on any atom is -0.326 e. The number of nitrogens with two attached hydrogens (primary N) is 1. The Kier molecular flexibility index (Phi) is 4.99. The SMILES string of the molecule is CCc1ncc(CN2CC[C@H](N)C2)s1.Cl. The van der Waals surface area contributed by atoms with E-state index in [1.165, 1.54) is 9.88 Å². The van der Waals surface area contributed by atoms with Crippen LogP contribution in [-0.4, -0.2) is 29.0 Å². The van der Waals surface area contributed by atoms with Crippen LogP contribution in [-0.2, 0) is 13.0 Å². The van der Waals surface area contributed by atoms with E-state index in [0.717, 1.165) is 32.5 Å². The second kappa shape index (κ2) is 5.80. The van der Waals surface area contributed by atoms with Crippen LogP contribution in [0, 0.1) is 0 Å². The van der Waals surface area contributed by atoms with Gasteiger partial charge in [-0.2, -0.15) is 0 Å². The summed E-state index contributed by atoms with van der Waals surface area (Å²) in [6.07, 6.45) is 4.19. The Morgan fingerprint density at radius 3 is 3.00 bits per heavy atom. The number of rotatable bonds is 3. The quantitative estimate of drug-likeness (QED) is 0.884. The fourth-order valence-electron chi connectivity index (χ4n) is 1.81. The Morgan fingerprint density at radius 1 is 1.67 bits per heavy atom. The fraction of sp³-hybridized carbons (Fsp3) is 0.700. The van der Waals surface area contributed by atoms with Gasteiger partial charge in [0.1, 0.15) is 0 Å². The van der Waals surface area contributed by atoms with Crippen LogP contribution in [0.4, 0.5) is 0 Å². The van der Waals surface area contributed by atoms with Crippen LogP contribution in [0.15, 0.2) is 6.20 Å². The van der Waals surface area contributed by atoms with E-state index in [1.54, 1.807) is 0 Å². The smallest absolute Gasteiger partial charge is 0.0925 e. The van der Waals surface area contributed by atoms with Crippen molar-refractivity contribution in [3.05, 3.63) is 16.1 Å². The van der Waals surface area contributed by atoms with Crippen LogP contribution >= 0.6 is 23.7 Å². The van der Waals surface area contributed by atoms with Crippen LogP contribution in [0.25, 0.3) is 0 Å². The third kappa shape index (κ3) is 3.41. The summed E-state index contributed by atoms with van der Waals surface area (Å²) in [5, 5.41) is 1.24. The largest absolute Gasteiger partial charge is 0.326 e. The lowest BCUT2D eigenvalue weighted by Gasteiger charge is -2.12. The second-order valence-corrected chi connectivity index (χ2v) is 5.06. The lowest BCUT2D eigenvalue weighted by molar-refractivity contribution is 0.329. The molecule has 5 heteroatoms. The molecule has 1 aromatic heterocycles. The highest BCUT2D eigenvalue weighted by Crippen LogP contribution is 2.18. The summed E-state index contributed by atoms with van der Waals surface area (Å²) < 4.78 is 0. The van der Waals surface area contributed by atoms with Gasteiger partial charge in [-0.15, -0.1) is 23.7 Å². The predicted octanol–water partition coefficient (Wildman–Crippen LogP) is 1.66. The molecule has 3 nitrogen and oxygen atoms in total. The molecular formula is C10H18ClN3S. The summed E-state index contributed by atoms with van der Waals surface area (Å²) >= 11 is 1.83. The minimum absolute atomic E-state index is 0. The molecule has 1 saturated heterocycles. The van der Waals surface area contributed by atoms with Crippen LogP contribution in [0.5, 0.6) is 0 Å². The van der Waals surface area contributed by atoms with Gasteiger partial charge in [-0.3, -0.25) is 4.90 Å². The Balaban J connectivity index is 0.00000112. The number of aryl methyl sites for hydroxylation is 1. The average Bonchev–Trinajstić information content (AvgIpc) is 2.76. The zero-order valence-electron chi connectivity index (χ0n) is 8.98. The monoisotopic (exact) mass is 247 g/mol. The first-order valence-electron chi connectivity index (χ1n) is 5.19. The molecule has 1 aliphatic rings. The summed E-state index contributed by atoms with van der Waals surface area (Å²) in [6.45, 7) is 5.36. The molecular weight excluding hydrogens is 230 g/mol. The van der Waals surface area contributed by atoms with E-state index in [9.17, 15) is 0 Å². The van der Waals surface area contributed by atoms with Gasteiger partial charge in [0.05, 0.1) is 5.01 Å². The van der Waals surface area contributed by atoms with Crippen molar-refractivity contribution in [1.82, 2.24) is 9.88 Å². The zero-order chi connectivity index (χ0) is 9.97. The Morgan fingerprint density at radius 2 is 2.47 bits per heavy atom. The molecule has 1 aromatic rings. The van der Waals surface area contributed by atoms with Crippen molar-refractivity contribution in [2.45, 2.75) is 32.4 Å². The number of aromatic nitrogens is 1. The molecule has 0 bridgehead atoms. The van der Waals surface area contributed by atoms with Gasteiger partial charge >= 0.3 is 0 Å². The summed E-state index contributed by atoms with van der Waals surface area (Å²) in [4.78, 5) is 8.14. The molecule has 0 saturated carbocycles. The van der Waals surface area contributed by atoms with Gasteiger partial charge in [0.25, 0.3) is 0 Å². The van der Waals surface area contributed by atoms with E-state index < -0.39 is 0 Å². The van der Waals surface area contributed by atoms with E-state index in [0.29, 0.717) is 6.04 Å². The molecule has 1 atom stereocenters. The zero-order valence-corrected chi connectivity index (χ0v) is 10.6. The van der Waals surface area contributed by atoms with Gasteiger partial charge in [-0.1, -0.05) is 6.92 Å². The Bertz CT molecular complexity index is 303. The highest BCUT2D eigenvalue weighted by molar-refractivity contribution is 7.11. The summed E-state index contributed by atoms with van der Waals surface area (Å²) in [6, 6.07) is 0.383. The fourth-order valence-corrected chi connectivity index (χ4v) is 2.72. The number of likely N-dealkylation sites (tertiary alicyclic amines) is 1. The highest BCUT2D eigenvalue weighted by atomic mass is 35.5. The molecule has 0 spiro atoms. The molecule has 1 aliphatic heterocycles. The molecule has 86 valence electrons. The molecule has 2 rings (SSSR count). The molecule has 0 amide bonds. The van der Waals surface area contributed by atoms with E-state index in [2.05, 4.69) is 16.8 Å². The molecule has 2 N–H and O–H groups in total. The number of thiazole rings is 1. The van der Waals surface area contributed by atoms with E-state index in [4.69, 9.17) is 5.73 Å². The van der Waals surface area contributed by atoms with Crippen molar-refractivity contribution in [3.8, 4) is 0 Å². The Hall–Kier alpha value is -0.160. The van der Waals surface area contributed by atoms with Crippen molar-refractivity contribution >= 4 is 23.7 Å². The maximum Gasteiger partial charge on any atom is 0.0925 e. The topological polar surface area (TPSA) is 42.2 Å². The number of halogens is 1. The molecule has 15 heavy (non-hydrogen) atoms. The molecule has 0 radical (unpaired) electrons. The lowest BCUT2D eigenvalue weighted by Crippen LogP contribution is -2.25. The Labute approximate surface area is 101 Å². The normalized spacial score (nSPS) is 21.6. The van der Waals surface area contributed by atoms with E-state index in [1.807, 2.05) is 17.5 Å². The van der Waals surface area contributed by atoms with Gasteiger partial charge in [-0.25, -0.2) is 4.98 Å². The van der Waals surface area contributed by atoms with Crippen LogP contribution in [0.1, 0.15) is 23.2 Å². The minimum atomic E-state index is 0. The third-order valence-electron chi connectivity index (χ3n) is 2.59. The van der Waals surface area contributed by atoms with Gasteiger partial charge < -0.3 is 5.73 Å². The molecule has 2 heterocycles. The first kappa shape index (κ1) is 12.9. The molecule has 0 aliphatic carbocycles. The van der Waals surface area contributed by atoms with Crippen molar-refractivity contribution < 1.29 is 0 Å². The van der Waals surface area contributed by atoms with Crippen molar-refractivity contribution in [2.75, 3.05) is 13.1 Å². The number of hydrogen-bond acceptors (Lipinski definition) is 4. The van der Waals surface area contributed by atoms with Crippen LogP contribution in [0.2, 0.25) is 0 Å². The first-order chi connectivity index (χ1) is 6.78. The summed E-state index contributed by atoms with van der Waals surface area (Å²) in [7, 11) is 0. The lowest BCUT2D eigenvalue weighted by atomic mass is 10.3. The van der Waals surface area contributed by atoms with Gasteiger partial charge in [-0.05, 0) is 12.8 Å². The van der Waals surface area contributed by atoms with Crippen molar-refractivity contribution in [1.29, 1.82) is 0 Å². The number of nitrogens with zero attached hydrogens (tertiary/aromatic N) is 2. The first-order valence-corrected chi connectivity index (χ1v) is 6.01. The summed E-state index contributed by atoms with van der Waals surface area (Å²) in [5.74, 6) is 0. The van der Waals surface area contributed by atoms with Crippen molar-refractivity contribution in [2.24, 2.45) is 5.73 Å². The van der Waals surface area contributed by atoms with Crippen LogP contribution < -0.4 is 5.73 Å². The van der Waals surface area contributed by atoms with Gasteiger partial charge in [0, 0.05) is 36.8 Å². The predicted molar refractivity (Wildman–Crippen MR) is 66.6 cm³/mol. The molecule has 0 aromatic carbocycles. The standard InChI is InChI=1S/C10H17N3S.ClH/c1-2-10-12-5-9(14-10)7-13-4-3-8(11)6-13;/h5,8H,2-4,6-7,11H2,1H3;1H/t8-;/m0./s1. The van der Waals surface area contributed by atoms with Gasteiger partial charge in [0.15, 0.2) is 0 Å². The number of hydrogen-bond donors (Lipinski definition) is 1.